The largest absolute Gasteiger partial charge is 0.228 e. The highest BCUT2D eigenvalue weighted by molar-refractivity contribution is 7.98. The molecule has 0 amide bonds. The molecule has 0 bridgehead atoms. The van der Waals surface area contributed by atoms with E-state index in [0.717, 1.165) is 35.0 Å². The van der Waals surface area contributed by atoms with E-state index in [1.165, 1.54) is 36.2 Å². The molecule has 0 spiro atoms. The molecule has 1 aromatic heterocycles. The Hall–Kier alpha value is -1.42. The second-order valence-electron chi connectivity index (χ2n) is 5.14. The lowest BCUT2D eigenvalue weighted by atomic mass is 9.95. The molecule has 1 aliphatic rings. The normalized spacial score (nSPS) is 14.1. The van der Waals surface area contributed by atoms with Gasteiger partial charge in [0, 0.05) is 17.1 Å². The number of aryl methyl sites for hydroxylation is 2. The van der Waals surface area contributed by atoms with Crippen LogP contribution in [0.3, 0.4) is 0 Å². The van der Waals surface area contributed by atoms with Gasteiger partial charge in [0.2, 0.25) is 0 Å². The Kier molecular flexibility index (Phi) is 4.01. The minimum atomic E-state index is -0.195. The standard InChI is InChI=1S/C16H17FN2S/c1-11-14-4-2-3-5-15(14)19-16(18-11)20-10-12-6-8-13(17)9-7-12/h6-9H,2-5,10H2,1H3. The van der Waals surface area contributed by atoms with E-state index in [0.29, 0.717) is 0 Å². The first-order valence-corrected chi connectivity index (χ1v) is 7.94. The number of nitrogens with zero attached hydrogens (tertiary/aromatic N) is 2. The highest BCUT2D eigenvalue weighted by atomic mass is 32.2. The summed E-state index contributed by atoms with van der Waals surface area (Å²) in [4.78, 5) is 9.28. The van der Waals surface area contributed by atoms with E-state index in [-0.39, 0.29) is 5.82 Å². The van der Waals surface area contributed by atoms with Gasteiger partial charge in [0.25, 0.3) is 0 Å². The number of benzene rings is 1. The number of hydrogen-bond acceptors (Lipinski definition) is 3. The molecule has 0 saturated carbocycles. The highest BCUT2D eigenvalue weighted by Crippen LogP contribution is 2.26. The molecular weight excluding hydrogens is 271 g/mol. The fourth-order valence-corrected chi connectivity index (χ4v) is 3.41. The number of rotatable bonds is 3. The first kappa shape index (κ1) is 13.6. The van der Waals surface area contributed by atoms with Gasteiger partial charge in [-0.1, -0.05) is 23.9 Å². The Balaban J connectivity index is 1.74. The van der Waals surface area contributed by atoms with Crippen LogP contribution in [-0.2, 0) is 18.6 Å². The molecule has 20 heavy (non-hydrogen) atoms. The van der Waals surface area contributed by atoms with E-state index in [1.807, 2.05) is 12.1 Å². The van der Waals surface area contributed by atoms with Gasteiger partial charge in [-0.3, -0.25) is 0 Å². The van der Waals surface area contributed by atoms with Crippen LogP contribution in [0.2, 0.25) is 0 Å². The molecule has 1 heterocycles. The molecule has 0 radical (unpaired) electrons. The maximum Gasteiger partial charge on any atom is 0.188 e. The van der Waals surface area contributed by atoms with Gasteiger partial charge in [-0.25, -0.2) is 14.4 Å². The summed E-state index contributed by atoms with van der Waals surface area (Å²) < 4.78 is 12.9. The molecule has 1 aliphatic carbocycles. The quantitative estimate of drug-likeness (QED) is 0.628. The predicted molar refractivity (Wildman–Crippen MR) is 79.4 cm³/mol. The minimum absolute atomic E-state index is 0.195. The van der Waals surface area contributed by atoms with Crippen LogP contribution in [0, 0.1) is 12.7 Å². The molecule has 3 rings (SSSR count). The van der Waals surface area contributed by atoms with Gasteiger partial charge in [-0.15, -0.1) is 0 Å². The Morgan fingerprint density at radius 3 is 2.65 bits per heavy atom. The molecule has 0 N–H and O–H groups in total. The zero-order chi connectivity index (χ0) is 13.9. The van der Waals surface area contributed by atoms with Crippen LogP contribution < -0.4 is 0 Å². The molecule has 0 aliphatic heterocycles. The van der Waals surface area contributed by atoms with Crippen molar-refractivity contribution < 1.29 is 4.39 Å². The Bertz CT molecular complexity index is 611. The third-order valence-electron chi connectivity index (χ3n) is 3.65. The van der Waals surface area contributed by atoms with Gasteiger partial charge < -0.3 is 0 Å². The maximum atomic E-state index is 12.9. The summed E-state index contributed by atoms with van der Waals surface area (Å²) in [7, 11) is 0. The van der Waals surface area contributed by atoms with E-state index in [4.69, 9.17) is 0 Å². The highest BCUT2D eigenvalue weighted by Gasteiger charge is 2.15. The zero-order valence-electron chi connectivity index (χ0n) is 11.5. The second kappa shape index (κ2) is 5.92. The van der Waals surface area contributed by atoms with Crippen molar-refractivity contribution in [3.05, 3.63) is 52.6 Å². The molecule has 1 aromatic carbocycles. The van der Waals surface area contributed by atoms with E-state index < -0.39 is 0 Å². The average molecular weight is 288 g/mol. The van der Waals surface area contributed by atoms with Crippen LogP contribution >= 0.6 is 11.8 Å². The fraction of sp³-hybridized carbons (Fsp3) is 0.375. The van der Waals surface area contributed by atoms with Crippen LogP contribution in [0.25, 0.3) is 0 Å². The molecule has 2 aromatic rings. The number of aromatic nitrogens is 2. The van der Waals surface area contributed by atoms with Gasteiger partial charge in [-0.05, 0) is 55.9 Å². The van der Waals surface area contributed by atoms with E-state index in [2.05, 4.69) is 16.9 Å². The summed E-state index contributed by atoms with van der Waals surface area (Å²) in [6, 6.07) is 6.62. The number of hydrogen-bond donors (Lipinski definition) is 0. The van der Waals surface area contributed by atoms with Gasteiger partial charge in [0.15, 0.2) is 5.16 Å². The Morgan fingerprint density at radius 2 is 1.85 bits per heavy atom. The molecule has 4 heteroatoms. The topological polar surface area (TPSA) is 25.8 Å². The van der Waals surface area contributed by atoms with Crippen molar-refractivity contribution >= 4 is 11.8 Å². The monoisotopic (exact) mass is 288 g/mol. The third-order valence-corrected chi connectivity index (χ3v) is 4.57. The summed E-state index contributed by atoms with van der Waals surface area (Å²) >= 11 is 1.62. The second-order valence-corrected chi connectivity index (χ2v) is 6.08. The van der Waals surface area contributed by atoms with Crippen LogP contribution in [0.1, 0.15) is 35.4 Å². The van der Waals surface area contributed by atoms with Crippen molar-refractivity contribution in [3.8, 4) is 0 Å². The smallest absolute Gasteiger partial charge is 0.188 e. The van der Waals surface area contributed by atoms with Crippen molar-refractivity contribution in [2.45, 2.75) is 43.5 Å². The van der Waals surface area contributed by atoms with Crippen molar-refractivity contribution in [1.29, 1.82) is 0 Å². The molecule has 104 valence electrons. The Morgan fingerprint density at radius 1 is 1.10 bits per heavy atom. The first-order chi connectivity index (χ1) is 9.72. The molecular formula is C16H17FN2S. The molecule has 0 saturated heterocycles. The van der Waals surface area contributed by atoms with Gasteiger partial charge in [-0.2, -0.15) is 0 Å². The van der Waals surface area contributed by atoms with Gasteiger partial charge in [0.05, 0.1) is 0 Å². The van der Waals surface area contributed by atoms with Gasteiger partial charge in [0.1, 0.15) is 5.82 Å². The third kappa shape index (κ3) is 3.01. The molecule has 0 unspecified atom stereocenters. The van der Waals surface area contributed by atoms with E-state index in [1.54, 1.807) is 11.8 Å². The lowest BCUT2D eigenvalue weighted by Crippen LogP contribution is -2.10. The van der Waals surface area contributed by atoms with Crippen molar-refractivity contribution in [2.75, 3.05) is 0 Å². The summed E-state index contributed by atoms with van der Waals surface area (Å²) in [5.41, 5.74) is 4.79. The minimum Gasteiger partial charge on any atom is -0.228 e. The Labute approximate surface area is 122 Å². The maximum absolute atomic E-state index is 12.9. The number of thioether (sulfide) groups is 1. The van der Waals surface area contributed by atoms with Crippen LogP contribution in [0.4, 0.5) is 4.39 Å². The fourth-order valence-electron chi connectivity index (χ4n) is 2.55. The van der Waals surface area contributed by atoms with Crippen molar-refractivity contribution in [2.24, 2.45) is 0 Å². The summed E-state index contributed by atoms with van der Waals surface area (Å²) in [6.07, 6.45) is 4.66. The van der Waals surface area contributed by atoms with Crippen LogP contribution in [0.15, 0.2) is 29.4 Å². The molecule has 0 fully saturated rings. The van der Waals surface area contributed by atoms with Crippen molar-refractivity contribution in [3.63, 3.8) is 0 Å². The molecule has 0 atom stereocenters. The van der Waals surface area contributed by atoms with E-state index in [9.17, 15) is 4.39 Å². The van der Waals surface area contributed by atoms with Crippen LogP contribution in [-0.4, -0.2) is 9.97 Å². The summed E-state index contributed by atoms with van der Waals surface area (Å²) in [5.74, 6) is 0.582. The lowest BCUT2D eigenvalue weighted by molar-refractivity contribution is 0.627. The number of halogens is 1. The first-order valence-electron chi connectivity index (χ1n) is 6.96. The molecule has 2 nitrogen and oxygen atoms in total. The SMILES string of the molecule is Cc1nc(SCc2ccc(F)cc2)nc2c1CCCC2. The predicted octanol–water partition coefficient (Wildman–Crippen LogP) is 4.10. The lowest BCUT2D eigenvalue weighted by Gasteiger charge is -2.17. The van der Waals surface area contributed by atoms with Crippen molar-refractivity contribution in [1.82, 2.24) is 9.97 Å². The van der Waals surface area contributed by atoms with Crippen LogP contribution in [0.5, 0.6) is 0 Å². The number of fused-ring (bicyclic) bond motifs is 1. The summed E-state index contributed by atoms with van der Waals surface area (Å²) in [6.45, 7) is 2.08. The summed E-state index contributed by atoms with van der Waals surface area (Å²) in [5, 5.41) is 0.840. The average Bonchev–Trinajstić information content (AvgIpc) is 2.47. The van der Waals surface area contributed by atoms with E-state index >= 15 is 0 Å². The zero-order valence-corrected chi connectivity index (χ0v) is 12.3. The van der Waals surface area contributed by atoms with Gasteiger partial charge >= 0.3 is 0 Å².